The van der Waals surface area contributed by atoms with Crippen molar-refractivity contribution in [1.82, 2.24) is 10.2 Å². The molecule has 0 unspecified atom stereocenters. The largest absolute Gasteiger partial charge is 0.352 e. The van der Waals surface area contributed by atoms with Crippen LogP contribution in [0.1, 0.15) is 43.2 Å². The molecule has 0 spiro atoms. The average Bonchev–Trinajstić information content (AvgIpc) is 3.07. The predicted octanol–water partition coefficient (Wildman–Crippen LogP) is 6.87. The van der Waals surface area contributed by atoms with Gasteiger partial charge in [0, 0.05) is 23.5 Å². The number of rotatable bonds is 12. The van der Waals surface area contributed by atoms with Crippen molar-refractivity contribution >= 4 is 43.5 Å². The summed E-state index contributed by atoms with van der Waals surface area (Å²) in [5.74, 6) is -1.38. The van der Waals surface area contributed by atoms with Gasteiger partial charge >= 0.3 is 0 Å². The number of amides is 2. The molecule has 4 aromatic rings. The van der Waals surface area contributed by atoms with Crippen molar-refractivity contribution in [3.8, 4) is 0 Å². The van der Waals surface area contributed by atoms with Gasteiger partial charge in [-0.15, -0.1) is 0 Å². The zero-order valence-electron chi connectivity index (χ0n) is 25.4. The number of nitrogens with one attached hydrogen (secondary N) is 1. The molecule has 5 rings (SSSR count). The SMILES string of the molecule is O=C(NC1CCCCC1)[C@@H](Cc1ccccc1)N(Cc1cccc(Br)c1)C(=O)CN(c1ccc(F)cc1)S(=O)(=O)c1ccccc1. The minimum absolute atomic E-state index is 0.0107. The van der Waals surface area contributed by atoms with E-state index >= 15 is 0 Å². The number of benzene rings is 4. The quantitative estimate of drug-likeness (QED) is 0.174. The lowest BCUT2D eigenvalue weighted by atomic mass is 9.94. The lowest BCUT2D eigenvalue weighted by molar-refractivity contribution is -0.140. The molecule has 240 valence electrons. The zero-order chi connectivity index (χ0) is 32.5. The van der Waals surface area contributed by atoms with Crippen molar-refractivity contribution in [2.75, 3.05) is 10.8 Å². The van der Waals surface area contributed by atoms with Crippen LogP contribution in [0.4, 0.5) is 10.1 Å². The van der Waals surface area contributed by atoms with Gasteiger partial charge in [0.25, 0.3) is 10.0 Å². The highest BCUT2D eigenvalue weighted by atomic mass is 79.9. The van der Waals surface area contributed by atoms with Crippen LogP contribution in [0.15, 0.2) is 119 Å². The van der Waals surface area contributed by atoms with Crippen LogP contribution in [0.3, 0.4) is 0 Å². The molecular formula is C36H37BrFN3O4S. The topological polar surface area (TPSA) is 86.8 Å². The second kappa shape index (κ2) is 15.5. The molecule has 0 aromatic heterocycles. The molecule has 0 saturated heterocycles. The molecule has 0 radical (unpaired) electrons. The summed E-state index contributed by atoms with van der Waals surface area (Å²) in [6.45, 7) is -0.532. The number of anilines is 1. The van der Waals surface area contributed by atoms with E-state index in [4.69, 9.17) is 0 Å². The van der Waals surface area contributed by atoms with Crippen LogP contribution in [0.5, 0.6) is 0 Å². The first kappa shape index (κ1) is 33.3. The third kappa shape index (κ3) is 8.61. The molecule has 7 nitrogen and oxygen atoms in total. The molecule has 0 heterocycles. The Morgan fingerprint density at radius 1 is 0.826 bits per heavy atom. The van der Waals surface area contributed by atoms with Crippen LogP contribution in [-0.2, 0) is 32.6 Å². The van der Waals surface area contributed by atoms with Crippen molar-refractivity contribution < 1.29 is 22.4 Å². The number of sulfonamides is 1. The minimum atomic E-state index is -4.25. The maximum Gasteiger partial charge on any atom is 0.264 e. The minimum Gasteiger partial charge on any atom is -0.352 e. The molecule has 1 saturated carbocycles. The number of hydrogen-bond acceptors (Lipinski definition) is 4. The van der Waals surface area contributed by atoms with Gasteiger partial charge in [0.15, 0.2) is 0 Å². The fourth-order valence-corrected chi connectivity index (χ4v) is 7.67. The summed E-state index contributed by atoms with van der Waals surface area (Å²) < 4.78 is 43.8. The number of carbonyl (C=O) groups excluding carboxylic acids is 2. The van der Waals surface area contributed by atoms with E-state index in [-0.39, 0.29) is 35.5 Å². The standard InChI is InChI=1S/C36H37BrFN3O4S/c37-29-14-10-13-28(23-29)25-40(34(24-27-11-4-1-5-12-27)36(43)39-31-15-6-2-7-16-31)35(42)26-41(32-21-19-30(38)20-22-32)46(44,45)33-17-8-3-9-18-33/h1,3-5,8-14,17-23,31,34H,2,6-7,15-16,24-26H2,(H,39,43)/t34-/m1/s1. The number of nitrogens with zero attached hydrogens (tertiary/aromatic N) is 2. The predicted molar refractivity (Wildman–Crippen MR) is 181 cm³/mol. The zero-order valence-corrected chi connectivity index (χ0v) is 27.8. The molecule has 1 fully saturated rings. The van der Waals surface area contributed by atoms with Gasteiger partial charge in [0.05, 0.1) is 10.6 Å². The summed E-state index contributed by atoms with van der Waals surface area (Å²) in [6.07, 6.45) is 5.16. The van der Waals surface area contributed by atoms with E-state index in [1.54, 1.807) is 18.2 Å². The Labute approximate surface area is 278 Å². The van der Waals surface area contributed by atoms with Gasteiger partial charge in [-0.25, -0.2) is 12.8 Å². The van der Waals surface area contributed by atoms with Gasteiger partial charge in [-0.1, -0.05) is 95.9 Å². The number of carbonyl (C=O) groups is 2. The third-order valence-electron chi connectivity index (χ3n) is 8.19. The fraction of sp³-hybridized carbons (Fsp3) is 0.278. The molecule has 1 aliphatic rings. The molecule has 1 atom stereocenters. The van der Waals surface area contributed by atoms with Gasteiger partial charge in [-0.2, -0.15) is 0 Å². The summed E-state index contributed by atoms with van der Waals surface area (Å²) >= 11 is 3.50. The Kier molecular flexibility index (Phi) is 11.2. The summed E-state index contributed by atoms with van der Waals surface area (Å²) in [7, 11) is -4.25. The van der Waals surface area contributed by atoms with Gasteiger partial charge in [0.1, 0.15) is 18.4 Å². The molecule has 4 aromatic carbocycles. The third-order valence-corrected chi connectivity index (χ3v) is 10.5. The monoisotopic (exact) mass is 705 g/mol. The Balaban J connectivity index is 1.55. The van der Waals surface area contributed by atoms with Crippen molar-refractivity contribution in [1.29, 1.82) is 0 Å². The smallest absolute Gasteiger partial charge is 0.264 e. The maximum atomic E-state index is 14.5. The molecular weight excluding hydrogens is 669 g/mol. The van der Waals surface area contributed by atoms with Crippen molar-refractivity contribution in [3.05, 3.63) is 131 Å². The van der Waals surface area contributed by atoms with Gasteiger partial charge < -0.3 is 10.2 Å². The average molecular weight is 707 g/mol. The van der Waals surface area contributed by atoms with Crippen LogP contribution in [-0.4, -0.2) is 43.8 Å². The number of halogens is 2. The summed E-state index contributed by atoms with van der Waals surface area (Å²) in [4.78, 5) is 30.1. The van der Waals surface area contributed by atoms with Crippen LogP contribution >= 0.6 is 15.9 Å². The molecule has 0 bridgehead atoms. The Bertz CT molecular complexity index is 1720. The molecule has 46 heavy (non-hydrogen) atoms. The summed E-state index contributed by atoms with van der Waals surface area (Å²) in [5.41, 5.74) is 1.77. The number of hydrogen-bond donors (Lipinski definition) is 1. The Morgan fingerprint density at radius 3 is 2.11 bits per heavy atom. The molecule has 2 amide bonds. The first-order chi connectivity index (χ1) is 22.2. The summed E-state index contributed by atoms with van der Waals surface area (Å²) in [5, 5.41) is 3.20. The van der Waals surface area contributed by atoms with Crippen LogP contribution in [0.25, 0.3) is 0 Å². The Hall–Kier alpha value is -4.02. The van der Waals surface area contributed by atoms with Gasteiger partial charge in [-0.05, 0) is 72.5 Å². The summed E-state index contributed by atoms with van der Waals surface area (Å²) in [6, 6.07) is 28.8. The normalized spacial score (nSPS) is 14.3. The molecule has 0 aliphatic heterocycles. The molecule has 10 heteroatoms. The maximum absolute atomic E-state index is 14.5. The second-order valence-corrected chi connectivity index (χ2v) is 14.3. The highest BCUT2D eigenvalue weighted by molar-refractivity contribution is 9.10. The van der Waals surface area contributed by atoms with E-state index in [1.165, 1.54) is 29.2 Å². The fourth-order valence-electron chi connectivity index (χ4n) is 5.79. The van der Waals surface area contributed by atoms with Crippen molar-refractivity contribution in [2.24, 2.45) is 0 Å². The molecule has 1 N–H and O–H groups in total. The lowest BCUT2D eigenvalue weighted by Crippen LogP contribution is -2.55. The van der Waals surface area contributed by atoms with Crippen LogP contribution in [0, 0.1) is 5.82 Å². The Morgan fingerprint density at radius 2 is 1.46 bits per heavy atom. The highest BCUT2D eigenvalue weighted by Gasteiger charge is 2.35. The first-order valence-corrected chi connectivity index (χ1v) is 17.7. The van der Waals surface area contributed by atoms with Crippen LogP contribution in [0.2, 0.25) is 0 Å². The van der Waals surface area contributed by atoms with E-state index in [2.05, 4.69) is 21.2 Å². The van der Waals surface area contributed by atoms with E-state index in [9.17, 15) is 22.4 Å². The van der Waals surface area contributed by atoms with Gasteiger partial charge in [0.2, 0.25) is 11.8 Å². The van der Waals surface area contributed by atoms with Gasteiger partial charge in [-0.3, -0.25) is 13.9 Å². The van der Waals surface area contributed by atoms with E-state index in [0.29, 0.717) is 0 Å². The van der Waals surface area contributed by atoms with E-state index in [1.807, 2.05) is 54.6 Å². The van der Waals surface area contributed by atoms with E-state index in [0.717, 1.165) is 64.1 Å². The second-order valence-electron chi connectivity index (χ2n) is 11.5. The molecule has 1 aliphatic carbocycles. The van der Waals surface area contributed by atoms with Crippen molar-refractivity contribution in [2.45, 2.75) is 62.0 Å². The van der Waals surface area contributed by atoms with Crippen LogP contribution < -0.4 is 9.62 Å². The van der Waals surface area contributed by atoms with E-state index < -0.39 is 34.3 Å². The van der Waals surface area contributed by atoms with Crippen molar-refractivity contribution in [3.63, 3.8) is 0 Å². The lowest BCUT2D eigenvalue weighted by Gasteiger charge is -2.35. The highest BCUT2D eigenvalue weighted by Crippen LogP contribution is 2.26. The first-order valence-electron chi connectivity index (χ1n) is 15.4.